The standard InChI is InChI=1S/C12H11BrClNO3S/c13-8-2-1-7(5-9(8)14)10(16)15-12(11(17)18)3-4-19-6-12/h1-2,5H,3-4,6H2,(H,15,16)(H,17,18). The number of nitrogens with one attached hydrogen (secondary N) is 1. The third kappa shape index (κ3) is 3.07. The summed E-state index contributed by atoms with van der Waals surface area (Å²) < 4.78 is 0.690. The summed E-state index contributed by atoms with van der Waals surface area (Å²) >= 11 is 10.7. The van der Waals surface area contributed by atoms with Gasteiger partial charge in [-0.1, -0.05) is 11.6 Å². The molecule has 0 spiro atoms. The first-order valence-electron chi connectivity index (χ1n) is 5.53. The predicted molar refractivity (Wildman–Crippen MR) is 78.9 cm³/mol. The smallest absolute Gasteiger partial charge is 0.330 e. The molecule has 1 aromatic rings. The SMILES string of the molecule is O=C(NC1(C(=O)O)CCSC1)c1ccc(Br)c(Cl)c1. The summed E-state index contributed by atoms with van der Waals surface area (Å²) in [7, 11) is 0. The molecular weight excluding hydrogens is 354 g/mol. The summed E-state index contributed by atoms with van der Waals surface area (Å²) in [4.78, 5) is 23.5. The lowest BCUT2D eigenvalue weighted by Gasteiger charge is -2.24. The van der Waals surface area contributed by atoms with Crippen molar-refractivity contribution in [3.63, 3.8) is 0 Å². The summed E-state index contributed by atoms with van der Waals surface area (Å²) in [5.41, 5.74) is -0.813. The Morgan fingerprint density at radius 1 is 1.47 bits per heavy atom. The van der Waals surface area contributed by atoms with Crippen molar-refractivity contribution in [2.45, 2.75) is 12.0 Å². The normalized spacial score (nSPS) is 22.2. The van der Waals surface area contributed by atoms with Gasteiger partial charge in [0.1, 0.15) is 5.54 Å². The highest BCUT2D eigenvalue weighted by atomic mass is 79.9. The molecule has 0 radical (unpaired) electrons. The van der Waals surface area contributed by atoms with Crippen LogP contribution in [0.25, 0.3) is 0 Å². The van der Waals surface area contributed by atoms with Crippen molar-refractivity contribution in [2.24, 2.45) is 0 Å². The van der Waals surface area contributed by atoms with E-state index in [1.807, 2.05) is 0 Å². The highest BCUT2D eigenvalue weighted by Crippen LogP contribution is 2.29. The van der Waals surface area contributed by atoms with E-state index in [-0.39, 0.29) is 0 Å². The Kier molecular flexibility index (Phi) is 4.43. The van der Waals surface area contributed by atoms with Gasteiger partial charge in [-0.25, -0.2) is 4.79 Å². The number of rotatable bonds is 3. The van der Waals surface area contributed by atoms with Crippen LogP contribution in [-0.2, 0) is 4.79 Å². The summed E-state index contributed by atoms with van der Waals surface area (Å²) in [6, 6.07) is 4.77. The van der Waals surface area contributed by atoms with Crippen molar-refractivity contribution in [1.29, 1.82) is 0 Å². The molecule has 1 heterocycles. The van der Waals surface area contributed by atoms with Gasteiger partial charge in [-0.3, -0.25) is 4.79 Å². The molecule has 0 aromatic heterocycles. The first kappa shape index (κ1) is 14.7. The van der Waals surface area contributed by atoms with Crippen LogP contribution in [0.3, 0.4) is 0 Å². The molecule has 1 aromatic carbocycles. The molecule has 2 rings (SSSR count). The molecule has 1 atom stereocenters. The van der Waals surface area contributed by atoms with Gasteiger partial charge in [0.2, 0.25) is 0 Å². The summed E-state index contributed by atoms with van der Waals surface area (Å²) in [6.45, 7) is 0. The maximum Gasteiger partial charge on any atom is 0.330 e. The number of carbonyl (C=O) groups excluding carboxylic acids is 1. The van der Waals surface area contributed by atoms with E-state index in [9.17, 15) is 14.7 Å². The van der Waals surface area contributed by atoms with Gasteiger partial charge in [0.25, 0.3) is 5.91 Å². The van der Waals surface area contributed by atoms with Crippen molar-refractivity contribution in [3.05, 3.63) is 33.3 Å². The Morgan fingerprint density at radius 2 is 2.21 bits per heavy atom. The zero-order valence-corrected chi connectivity index (χ0v) is 12.9. The van der Waals surface area contributed by atoms with Crippen LogP contribution in [0.1, 0.15) is 16.8 Å². The number of amides is 1. The molecular formula is C12H11BrClNO3S. The van der Waals surface area contributed by atoms with E-state index in [0.717, 1.165) is 5.75 Å². The van der Waals surface area contributed by atoms with E-state index in [0.29, 0.717) is 27.2 Å². The van der Waals surface area contributed by atoms with Crippen LogP contribution in [0.15, 0.2) is 22.7 Å². The van der Waals surface area contributed by atoms with E-state index < -0.39 is 17.4 Å². The first-order valence-corrected chi connectivity index (χ1v) is 7.86. The fourth-order valence-corrected chi connectivity index (χ4v) is 3.57. The lowest BCUT2D eigenvalue weighted by molar-refractivity contribution is -0.143. The van der Waals surface area contributed by atoms with Crippen LogP contribution in [0.5, 0.6) is 0 Å². The van der Waals surface area contributed by atoms with Crippen molar-refractivity contribution >= 4 is 51.2 Å². The lowest BCUT2D eigenvalue weighted by atomic mass is 9.98. The molecule has 1 fully saturated rings. The first-order chi connectivity index (χ1) is 8.94. The number of carboxylic acid groups (broad SMARTS) is 1. The van der Waals surface area contributed by atoms with E-state index in [2.05, 4.69) is 21.2 Å². The Morgan fingerprint density at radius 3 is 2.74 bits per heavy atom. The molecule has 0 bridgehead atoms. The third-order valence-corrected chi connectivity index (χ3v) is 5.39. The minimum absolute atomic E-state index is 0.353. The number of aliphatic carboxylic acids is 1. The number of halogens is 2. The average Bonchev–Trinajstić information content (AvgIpc) is 2.82. The number of hydrogen-bond donors (Lipinski definition) is 2. The van der Waals surface area contributed by atoms with Gasteiger partial charge in [-0.05, 0) is 46.3 Å². The molecule has 1 aliphatic rings. The lowest BCUT2D eigenvalue weighted by Crippen LogP contribution is -2.54. The van der Waals surface area contributed by atoms with Gasteiger partial charge in [0.15, 0.2) is 0 Å². The molecule has 7 heteroatoms. The largest absolute Gasteiger partial charge is 0.479 e. The van der Waals surface area contributed by atoms with Gasteiger partial charge in [-0.15, -0.1) is 0 Å². The van der Waals surface area contributed by atoms with Gasteiger partial charge in [0.05, 0.1) is 5.02 Å². The number of benzene rings is 1. The fraction of sp³-hybridized carbons (Fsp3) is 0.333. The molecule has 1 saturated heterocycles. The quantitative estimate of drug-likeness (QED) is 0.865. The van der Waals surface area contributed by atoms with Crippen LogP contribution in [0.4, 0.5) is 0 Å². The van der Waals surface area contributed by atoms with Crippen LogP contribution >= 0.6 is 39.3 Å². The maximum atomic E-state index is 12.1. The number of hydrogen-bond acceptors (Lipinski definition) is 3. The molecule has 4 nitrogen and oxygen atoms in total. The fourth-order valence-electron chi connectivity index (χ4n) is 1.81. The minimum atomic E-state index is -1.17. The molecule has 102 valence electrons. The number of carboxylic acids is 1. The van der Waals surface area contributed by atoms with Crippen molar-refractivity contribution in [3.8, 4) is 0 Å². The van der Waals surface area contributed by atoms with Gasteiger partial charge >= 0.3 is 5.97 Å². The highest BCUT2D eigenvalue weighted by Gasteiger charge is 2.43. The second kappa shape index (κ2) is 5.73. The molecule has 1 unspecified atom stereocenters. The highest BCUT2D eigenvalue weighted by molar-refractivity contribution is 9.10. The van der Waals surface area contributed by atoms with E-state index in [1.165, 1.54) is 17.8 Å². The summed E-state index contributed by atoms with van der Waals surface area (Å²) in [5.74, 6) is -0.292. The average molecular weight is 365 g/mol. The maximum absolute atomic E-state index is 12.1. The van der Waals surface area contributed by atoms with Crippen molar-refractivity contribution in [2.75, 3.05) is 11.5 Å². The molecule has 0 saturated carbocycles. The Hall–Kier alpha value is -0.720. The topological polar surface area (TPSA) is 66.4 Å². The van der Waals surface area contributed by atoms with Crippen LogP contribution < -0.4 is 5.32 Å². The van der Waals surface area contributed by atoms with Crippen LogP contribution in [-0.4, -0.2) is 34.0 Å². The number of thioether (sulfide) groups is 1. The Balaban J connectivity index is 2.20. The second-order valence-corrected chi connectivity index (χ2v) is 6.64. The predicted octanol–water partition coefficient (Wildman–Crippen LogP) is 2.79. The van der Waals surface area contributed by atoms with Gasteiger partial charge in [0, 0.05) is 15.8 Å². The number of carbonyl (C=O) groups is 2. The molecule has 1 amide bonds. The Bertz CT molecular complexity index is 532. The minimum Gasteiger partial charge on any atom is -0.479 e. The van der Waals surface area contributed by atoms with Crippen LogP contribution in [0, 0.1) is 0 Å². The van der Waals surface area contributed by atoms with Crippen molar-refractivity contribution < 1.29 is 14.7 Å². The third-order valence-electron chi connectivity index (χ3n) is 2.97. The molecule has 2 N–H and O–H groups in total. The zero-order chi connectivity index (χ0) is 14.0. The van der Waals surface area contributed by atoms with Crippen LogP contribution in [0.2, 0.25) is 5.02 Å². The van der Waals surface area contributed by atoms with E-state index >= 15 is 0 Å². The van der Waals surface area contributed by atoms with E-state index in [4.69, 9.17) is 11.6 Å². The molecule has 1 aliphatic heterocycles. The monoisotopic (exact) mass is 363 g/mol. The zero-order valence-electron chi connectivity index (χ0n) is 9.78. The second-order valence-electron chi connectivity index (χ2n) is 4.27. The van der Waals surface area contributed by atoms with E-state index in [1.54, 1.807) is 12.1 Å². The summed E-state index contributed by atoms with van der Waals surface area (Å²) in [5, 5.41) is 12.3. The van der Waals surface area contributed by atoms with Gasteiger partial charge < -0.3 is 10.4 Å². The van der Waals surface area contributed by atoms with Gasteiger partial charge in [-0.2, -0.15) is 11.8 Å². The molecule has 19 heavy (non-hydrogen) atoms. The van der Waals surface area contributed by atoms with Crippen molar-refractivity contribution in [1.82, 2.24) is 5.32 Å². The summed E-state index contributed by atoms with van der Waals surface area (Å²) in [6.07, 6.45) is 0.434. The Labute approximate surface area is 128 Å². The molecule has 0 aliphatic carbocycles.